The first kappa shape index (κ1) is 13.4. The van der Waals surface area contributed by atoms with Crippen molar-refractivity contribution in [3.63, 3.8) is 0 Å². The Morgan fingerprint density at radius 2 is 1.95 bits per heavy atom. The summed E-state index contributed by atoms with van der Waals surface area (Å²) >= 11 is 0. The summed E-state index contributed by atoms with van der Waals surface area (Å²) in [6, 6.07) is 9.68. The number of aryl methyl sites for hydroxylation is 2. The van der Waals surface area contributed by atoms with Gasteiger partial charge in [-0.2, -0.15) is 0 Å². The number of nitrogens with one attached hydrogen (secondary N) is 1. The van der Waals surface area contributed by atoms with Gasteiger partial charge >= 0.3 is 0 Å². The molecule has 1 amide bonds. The highest BCUT2D eigenvalue weighted by Gasteiger charge is 2.12. The third-order valence-electron chi connectivity index (χ3n) is 2.95. The maximum absolute atomic E-state index is 12.1. The van der Waals surface area contributed by atoms with Gasteiger partial charge in [-0.1, -0.05) is 17.2 Å². The number of hydrogen-bond donors (Lipinski definition) is 1. The molecule has 1 aromatic heterocycles. The van der Waals surface area contributed by atoms with Gasteiger partial charge in [0.1, 0.15) is 5.76 Å². The molecule has 2 aromatic rings. The lowest BCUT2D eigenvalue weighted by Crippen LogP contribution is -2.34. The molecule has 0 aliphatic heterocycles. The van der Waals surface area contributed by atoms with Crippen LogP contribution in [0.15, 0.2) is 41.0 Å². The highest BCUT2D eigenvalue weighted by Crippen LogP contribution is 2.10. The molecule has 0 saturated carbocycles. The fourth-order valence-electron chi connectivity index (χ4n) is 2.19. The van der Waals surface area contributed by atoms with E-state index in [4.69, 9.17) is 4.42 Å². The zero-order chi connectivity index (χ0) is 13.8. The van der Waals surface area contributed by atoms with Crippen LogP contribution in [0.2, 0.25) is 0 Å². The van der Waals surface area contributed by atoms with Crippen LogP contribution >= 0.6 is 0 Å². The predicted octanol–water partition coefficient (Wildman–Crippen LogP) is 3.26. The third-order valence-corrected chi connectivity index (χ3v) is 2.95. The minimum atomic E-state index is -0.0362. The SMILES string of the molecule is Cc1cc(C)cc(C(=O)NC(C)Cc2ccco2)c1. The molecule has 100 valence electrons. The van der Waals surface area contributed by atoms with Crippen molar-refractivity contribution in [2.75, 3.05) is 0 Å². The van der Waals surface area contributed by atoms with Crippen LogP contribution < -0.4 is 5.32 Å². The van der Waals surface area contributed by atoms with Crippen LogP contribution in [0, 0.1) is 13.8 Å². The normalized spacial score (nSPS) is 12.2. The van der Waals surface area contributed by atoms with Crippen LogP contribution in [0.1, 0.15) is 34.2 Å². The van der Waals surface area contributed by atoms with E-state index in [0.29, 0.717) is 12.0 Å². The number of amides is 1. The first-order valence-electron chi connectivity index (χ1n) is 6.46. The third kappa shape index (κ3) is 3.71. The minimum absolute atomic E-state index is 0.0362. The minimum Gasteiger partial charge on any atom is -0.469 e. The molecule has 1 atom stereocenters. The molecule has 0 bridgehead atoms. The van der Waals surface area contributed by atoms with Gasteiger partial charge in [-0.15, -0.1) is 0 Å². The van der Waals surface area contributed by atoms with E-state index in [0.717, 1.165) is 16.9 Å². The Bertz CT molecular complexity index is 538. The Hall–Kier alpha value is -2.03. The molecule has 0 fully saturated rings. The Kier molecular flexibility index (Phi) is 4.05. The van der Waals surface area contributed by atoms with Crippen LogP contribution in [0.4, 0.5) is 0 Å². The highest BCUT2D eigenvalue weighted by atomic mass is 16.3. The van der Waals surface area contributed by atoms with Gasteiger partial charge in [-0.05, 0) is 45.0 Å². The number of benzene rings is 1. The lowest BCUT2D eigenvalue weighted by Gasteiger charge is -2.13. The Balaban J connectivity index is 2.00. The van der Waals surface area contributed by atoms with Gasteiger partial charge in [0.05, 0.1) is 6.26 Å². The molecule has 0 aliphatic carbocycles. The van der Waals surface area contributed by atoms with Crippen molar-refractivity contribution in [1.82, 2.24) is 5.32 Å². The molecule has 0 spiro atoms. The number of furan rings is 1. The van der Waals surface area contributed by atoms with Crippen LogP contribution in [0.5, 0.6) is 0 Å². The summed E-state index contributed by atoms with van der Waals surface area (Å²) < 4.78 is 5.28. The Morgan fingerprint density at radius 1 is 1.26 bits per heavy atom. The van der Waals surface area contributed by atoms with Gasteiger partial charge in [-0.3, -0.25) is 4.79 Å². The average molecular weight is 257 g/mol. The van der Waals surface area contributed by atoms with E-state index in [9.17, 15) is 4.79 Å². The molecule has 3 heteroatoms. The number of carbonyl (C=O) groups excluding carboxylic acids is 1. The second-order valence-electron chi connectivity index (χ2n) is 5.03. The van der Waals surface area contributed by atoms with E-state index >= 15 is 0 Å². The number of carbonyl (C=O) groups is 1. The smallest absolute Gasteiger partial charge is 0.251 e. The van der Waals surface area contributed by atoms with E-state index in [1.165, 1.54) is 0 Å². The Morgan fingerprint density at radius 3 is 2.53 bits per heavy atom. The van der Waals surface area contributed by atoms with Gasteiger partial charge < -0.3 is 9.73 Å². The first-order chi connectivity index (χ1) is 9.04. The lowest BCUT2D eigenvalue weighted by molar-refractivity contribution is 0.0939. The zero-order valence-corrected chi connectivity index (χ0v) is 11.6. The topological polar surface area (TPSA) is 42.2 Å². The molecule has 0 aliphatic rings. The summed E-state index contributed by atoms with van der Waals surface area (Å²) in [6.07, 6.45) is 2.34. The summed E-state index contributed by atoms with van der Waals surface area (Å²) in [5.74, 6) is 0.846. The predicted molar refractivity (Wildman–Crippen MR) is 75.3 cm³/mol. The van der Waals surface area contributed by atoms with Crippen molar-refractivity contribution in [3.8, 4) is 0 Å². The van der Waals surface area contributed by atoms with E-state index in [-0.39, 0.29) is 11.9 Å². The largest absolute Gasteiger partial charge is 0.469 e. The van der Waals surface area contributed by atoms with Crippen LogP contribution in [-0.2, 0) is 6.42 Å². The van der Waals surface area contributed by atoms with Crippen molar-refractivity contribution < 1.29 is 9.21 Å². The molecule has 1 heterocycles. The molecular weight excluding hydrogens is 238 g/mol. The summed E-state index contributed by atoms with van der Waals surface area (Å²) in [7, 11) is 0. The van der Waals surface area contributed by atoms with Gasteiger partial charge in [0.2, 0.25) is 0 Å². The molecule has 0 radical (unpaired) electrons. The fraction of sp³-hybridized carbons (Fsp3) is 0.312. The summed E-state index contributed by atoms with van der Waals surface area (Å²) in [6.45, 7) is 5.97. The van der Waals surface area contributed by atoms with Gasteiger partial charge in [0.15, 0.2) is 0 Å². The Labute approximate surface area is 113 Å². The molecule has 3 nitrogen and oxygen atoms in total. The zero-order valence-electron chi connectivity index (χ0n) is 11.6. The molecule has 19 heavy (non-hydrogen) atoms. The summed E-state index contributed by atoms with van der Waals surface area (Å²) in [4.78, 5) is 12.1. The van der Waals surface area contributed by atoms with Gasteiger partial charge in [-0.25, -0.2) is 0 Å². The lowest BCUT2D eigenvalue weighted by atomic mass is 10.1. The molecule has 0 saturated heterocycles. The highest BCUT2D eigenvalue weighted by molar-refractivity contribution is 5.94. The summed E-state index contributed by atoms with van der Waals surface area (Å²) in [5.41, 5.74) is 2.91. The molecular formula is C16H19NO2. The fourth-order valence-corrected chi connectivity index (χ4v) is 2.19. The maximum atomic E-state index is 12.1. The van der Waals surface area contributed by atoms with Crippen LogP contribution in [0.3, 0.4) is 0 Å². The van der Waals surface area contributed by atoms with E-state index < -0.39 is 0 Å². The number of hydrogen-bond acceptors (Lipinski definition) is 2. The van der Waals surface area contributed by atoms with E-state index in [1.54, 1.807) is 6.26 Å². The molecule has 2 rings (SSSR count). The quantitative estimate of drug-likeness (QED) is 0.913. The maximum Gasteiger partial charge on any atom is 0.251 e. The summed E-state index contributed by atoms with van der Waals surface area (Å²) in [5, 5.41) is 2.99. The van der Waals surface area contributed by atoms with E-state index in [1.807, 2.05) is 45.0 Å². The van der Waals surface area contributed by atoms with Gasteiger partial charge in [0, 0.05) is 18.0 Å². The van der Waals surface area contributed by atoms with E-state index in [2.05, 4.69) is 11.4 Å². The monoisotopic (exact) mass is 257 g/mol. The van der Waals surface area contributed by atoms with Crippen molar-refractivity contribution in [2.45, 2.75) is 33.2 Å². The first-order valence-corrected chi connectivity index (χ1v) is 6.46. The van der Waals surface area contributed by atoms with Crippen molar-refractivity contribution >= 4 is 5.91 Å². The second-order valence-corrected chi connectivity index (χ2v) is 5.03. The van der Waals surface area contributed by atoms with Crippen molar-refractivity contribution in [2.24, 2.45) is 0 Å². The molecule has 1 aromatic carbocycles. The van der Waals surface area contributed by atoms with Crippen LogP contribution in [-0.4, -0.2) is 11.9 Å². The second kappa shape index (κ2) is 5.74. The molecule has 1 unspecified atom stereocenters. The number of rotatable bonds is 4. The standard InChI is InChI=1S/C16H19NO2/c1-11-7-12(2)9-14(8-11)16(18)17-13(3)10-15-5-4-6-19-15/h4-9,13H,10H2,1-3H3,(H,17,18). The van der Waals surface area contributed by atoms with Crippen molar-refractivity contribution in [1.29, 1.82) is 0 Å². The van der Waals surface area contributed by atoms with Gasteiger partial charge in [0.25, 0.3) is 5.91 Å². The van der Waals surface area contributed by atoms with Crippen LogP contribution in [0.25, 0.3) is 0 Å². The average Bonchev–Trinajstić information content (AvgIpc) is 2.80. The molecule has 1 N–H and O–H groups in total. The van der Waals surface area contributed by atoms with Crippen molar-refractivity contribution in [3.05, 3.63) is 59.0 Å².